The Balaban J connectivity index is 2.44. The summed E-state index contributed by atoms with van der Waals surface area (Å²) in [6, 6.07) is 6.64. The third-order valence-corrected chi connectivity index (χ3v) is 3.19. The lowest BCUT2D eigenvalue weighted by atomic mass is 9.96. The number of hydrogen-bond acceptors (Lipinski definition) is 3. The van der Waals surface area contributed by atoms with Gasteiger partial charge in [-0.1, -0.05) is 32.0 Å². The summed E-state index contributed by atoms with van der Waals surface area (Å²) in [5, 5.41) is 3.12. The van der Waals surface area contributed by atoms with Gasteiger partial charge in [0.05, 0.1) is 13.2 Å². The maximum Gasteiger partial charge on any atom is 0.319 e. The van der Waals surface area contributed by atoms with Crippen molar-refractivity contribution in [2.75, 3.05) is 19.7 Å². The van der Waals surface area contributed by atoms with Crippen molar-refractivity contribution in [1.29, 1.82) is 0 Å². The average Bonchev–Trinajstić information content (AvgIpc) is 2.36. The Hall–Kier alpha value is -1.35. The van der Waals surface area contributed by atoms with Crippen LogP contribution in [0.5, 0.6) is 0 Å². The zero-order valence-corrected chi connectivity index (χ0v) is 12.5. The molecule has 0 bridgehead atoms. The second-order valence-electron chi connectivity index (χ2n) is 5.07. The highest BCUT2D eigenvalue weighted by molar-refractivity contribution is 5.71. The fraction of sp³-hybridized carbons (Fsp3) is 0.562. The molecule has 1 rings (SSSR count). The van der Waals surface area contributed by atoms with E-state index >= 15 is 0 Å². The summed E-state index contributed by atoms with van der Waals surface area (Å²) in [4.78, 5) is 11.2. The molecule has 0 radical (unpaired) electrons. The summed E-state index contributed by atoms with van der Waals surface area (Å²) in [5.41, 5.74) is 4.02. The standard InChI is InChI=1S/C16H25NO2/c1-5-19-16(18)11-17-9-8-15-10-14(12(2)3)7-6-13(15)4/h6-7,10,12,17H,5,8-9,11H2,1-4H3. The minimum absolute atomic E-state index is 0.185. The van der Waals surface area contributed by atoms with E-state index in [1.54, 1.807) is 0 Å². The van der Waals surface area contributed by atoms with E-state index in [1.807, 2.05) is 6.92 Å². The van der Waals surface area contributed by atoms with Gasteiger partial charge in [0.1, 0.15) is 0 Å². The van der Waals surface area contributed by atoms with E-state index in [0.717, 1.165) is 13.0 Å². The van der Waals surface area contributed by atoms with E-state index in [0.29, 0.717) is 12.5 Å². The Kier molecular flexibility index (Phi) is 6.57. The summed E-state index contributed by atoms with van der Waals surface area (Å²) < 4.78 is 4.87. The highest BCUT2D eigenvalue weighted by Crippen LogP contribution is 2.18. The van der Waals surface area contributed by atoms with Crippen molar-refractivity contribution < 1.29 is 9.53 Å². The molecule has 0 spiro atoms. The summed E-state index contributed by atoms with van der Waals surface area (Å²) >= 11 is 0. The van der Waals surface area contributed by atoms with Crippen molar-refractivity contribution in [3.8, 4) is 0 Å². The van der Waals surface area contributed by atoms with Gasteiger partial charge in [0.15, 0.2) is 0 Å². The summed E-state index contributed by atoms with van der Waals surface area (Å²) in [6.07, 6.45) is 0.936. The molecular weight excluding hydrogens is 238 g/mol. The first kappa shape index (κ1) is 15.7. The molecule has 106 valence electrons. The molecule has 0 heterocycles. The van der Waals surface area contributed by atoms with Crippen LogP contribution in [0.25, 0.3) is 0 Å². The summed E-state index contributed by atoms with van der Waals surface area (Å²) in [5.74, 6) is 0.363. The molecule has 0 unspecified atom stereocenters. The van der Waals surface area contributed by atoms with Gasteiger partial charge in [0, 0.05) is 0 Å². The van der Waals surface area contributed by atoms with Crippen molar-refractivity contribution in [2.45, 2.75) is 40.0 Å². The Morgan fingerprint density at radius 3 is 2.74 bits per heavy atom. The zero-order valence-electron chi connectivity index (χ0n) is 12.5. The van der Waals surface area contributed by atoms with Crippen LogP contribution in [0.3, 0.4) is 0 Å². The van der Waals surface area contributed by atoms with Crippen LogP contribution in [-0.4, -0.2) is 25.7 Å². The number of aryl methyl sites for hydroxylation is 1. The Morgan fingerprint density at radius 1 is 1.37 bits per heavy atom. The Labute approximate surface area is 116 Å². The molecule has 0 aliphatic carbocycles. The molecular formula is C16H25NO2. The molecule has 19 heavy (non-hydrogen) atoms. The minimum Gasteiger partial charge on any atom is -0.465 e. The van der Waals surface area contributed by atoms with Crippen LogP contribution in [0.2, 0.25) is 0 Å². The van der Waals surface area contributed by atoms with Gasteiger partial charge < -0.3 is 10.1 Å². The first-order chi connectivity index (χ1) is 9.04. The van der Waals surface area contributed by atoms with Gasteiger partial charge in [-0.15, -0.1) is 0 Å². The normalized spacial score (nSPS) is 10.8. The van der Waals surface area contributed by atoms with Crippen LogP contribution in [-0.2, 0) is 16.0 Å². The van der Waals surface area contributed by atoms with Crippen molar-refractivity contribution in [1.82, 2.24) is 5.32 Å². The molecule has 1 aromatic carbocycles. The smallest absolute Gasteiger partial charge is 0.319 e. The molecule has 0 saturated carbocycles. The number of benzene rings is 1. The van der Waals surface area contributed by atoms with Crippen LogP contribution in [0, 0.1) is 6.92 Å². The van der Waals surface area contributed by atoms with Gasteiger partial charge >= 0.3 is 5.97 Å². The number of esters is 1. The average molecular weight is 263 g/mol. The van der Waals surface area contributed by atoms with Gasteiger partial charge in [0.25, 0.3) is 0 Å². The van der Waals surface area contributed by atoms with Crippen molar-refractivity contribution in [3.63, 3.8) is 0 Å². The van der Waals surface area contributed by atoms with E-state index in [2.05, 4.69) is 44.3 Å². The fourth-order valence-corrected chi connectivity index (χ4v) is 1.95. The first-order valence-corrected chi connectivity index (χ1v) is 7.00. The van der Waals surface area contributed by atoms with Crippen LogP contribution < -0.4 is 5.32 Å². The van der Waals surface area contributed by atoms with Gasteiger partial charge in [-0.05, 0) is 49.4 Å². The third-order valence-electron chi connectivity index (χ3n) is 3.19. The molecule has 1 N–H and O–H groups in total. The Bertz CT molecular complexity index is 413. The van der Waals surface area contributed by atoms with Gasteiger partial charge in [-0.2, -0.15) is 0 Å². The molecule has 0 aliphatic heterocycles. The highest BCUT2D eigenvalue weighted by atomic mass is 16.5. The predicted molar refractivity (Wildman–Crippen MR) is 78.5 cm³/mol. The van der Waals surface area contributed by atoms with E-state index in [-0.39, 0.29) is 12.5 Å². The van der Waals surface area contributed by atoms with Gasteiger partial charge in [-0.25, -0.2) is 0 Å². The van der Waals surface area contributed by atoms with Crippen molar-refractivity contribution in [2.24, 2.45) is 0 Å². The second-order valence-corrected chi connectivity index (χ2v) is 5.07. The predicted octanol–water partition coefficient (Wildman–Crippen LogP) is 2.81. The van der Waals surface area contributed by atoms with Crippen LogP contribution >= 0.6 is 0 Å². The number of rotatable bonds is 7. The van der Waals surface area contributed by atoms with Gasteiger partial charge in [0.2, 0.25) is 0 Å². The number of ether oxygens (including phenoxy) is 1. The molecule has 0 saturated heterocycles. The maximum atomic E-state index is 11.2. The molecule has 3 nitrogen and oxygen atoms in total. The molecule has 0 amide bonds. The lowest BCUT2D eigenvalue weighted by Gasteiger charge is -2.11. The zero-order chi connectivity index (χ0) is 14.3. The van der Waals surface area contributed by atoms with Crippen LogP contribution in [0.15, 0.2) is 18.2 Å². The van der Waals surface area contributed by atoms with Crippen LogP contribution in [0.1, 0.15) is 43.4 Å². The van der Waals surface area contributed by atoms with E-state index in [9.17, 15) is 4.79 Å². The first-order valence-electron chi connectivity index (χ1n) is 7.00. The summed E-state index contributed by atoms with van der Waals surface area (Å²) in [7, 11) is 0. The molecule has 3 heteroatoms. The monoisotopic (exact) mass is 263 g/mol. The van der Waals surface area contributed by atoms with E-state index < -0.39 is 0 Å². The van der Waals surface area contributed by atoms with Gasteiger partial charge in [-0.3, -0.25) is 4.79 Å². The number of hydrogen-bond donors (Lipinski definition) is 1. The van der Waals surface area contributed by atoms with E-state index in [1.165, 1.54) is 16.7 Å². The quantitative estimate of drug-likeness (QED) is 0.607. The molecule has 0 atom stereocenters. The molecule has 0 aromatic heterocycles. The highest BCUT2D eigenvalue weighted by Gasteiger charge is 2.05. The lowest BCUT2D eigenvalue weighted by molar-refractivity contribution is -0.141. The number of carbonyl (C=O) groups is 1. The second kappa shape index (κ2) is 7.95. The third kappa shape index (κ3) is 5.43. The number of nitrogens with one attached hydrogen (secondary N) is 1. The van der Waals surface area contributed by atoms with E-state index in [4.69, 9.17) is 4.74 Å². The van der Waals surface area contributed by atoms with Crippen molar-refractivity contribution >= 4 is 5.97 Å². The Morgan fingerprint density at radius 2 is 2.11 bits per heavy atom. The topological polar surface area (TPSA) is 38.3 Å². The molecule has 0 aliphatic rings. The molecule has 0 fully saturated rings. The maximum absolute atomic E-state index is 11.2. The molecule has 1 aromatic rings. The summed E-state index contributed by atoms with van der Waals surface area (Å²) in [6.45, 7) is 9.87. The van der Waals surface area contributed by atoms with Crippen LogP contribution in [0.4, 0.5) is 0 Å². The number of carbonyl (C=O) groups excluding carboxylic acids is 1. The van der Waals surface area contributed by atoms with Crippen molar-refractivity contribution in [3.05, 3.63) is 34.9 Å². The SMILES string of the molecule is CCOC(=O)CNCCc1cc(C(C)C)ccc1C. The largest absolute Gasteiger partial charge is 0.465 e. The fourth-order valence-electron chi connectivity index (χ4n) is 1.95. The lowest BCUT2D eigenvalue weighted by Crippen LogP contribution is -2.26. The minimum atomic E-state index is -0.185.